The third-order valence-corrected chi connectivity index (χ3v) is 8.23. The Hall–Kier alpha value is -0.650. The lowest BCUT2D eigenvalue weighted by atomic mass is 10.0. The molecule has 0 radical (unpaired) electrons. The Morgan fingerprint density at radius 1 is 0.513 bits per heavy atom. The van der Waals surface area contributed by atoms with Crippen molar-refractivity contribution in [2.75, 3.05) is 6.61 Å². The molecule has 0 saturated heterocycles. The summed E-state index contributed by atoms with van der Waals surface area (Å²) in [7, 11) is 0. The molecule has 3 atom stereocenters. The van der Waals surface area contributed by atoms with Crippen LogP contribution in [-0.2, 0) is 4.79 Å². The number of amides is 1. The zero-order chi connectivity index (χ0) is 28.8. The highest BCUT2D eigenvalue weighted by molar-refractivity contribution is 5.80. The van der Waals surface area contributed by atoms with E-state index in [0.717, 1.165) is 32.1 Å². The zero-order valence-corrected chi connectivity index (χ0v) is 26.3. The predicted octanol–water partition coefficient (Wildman–Crippen LogP) is 8.76. The number of aliphatic hydroxyl groups excluding tert-OH is 3. The number of unbranched alkanes of at least 4 members (excludes halogenated alkanes) is 23. The van der Waals surface area contributed by atoms with Gasteiger partial charge in [0.15, 0.2) is 0 Å². The van der Waals surface area contributed by atoms with E-state index in [1.807, 2.05) is 0 Å². The quantitative estimate of drug-likeness (QED) is 0.0644. The lowest BCUT2D eigenvalue weighted by Crippen LogP contribution is -2.49. The van der Waals surface area contributed by atoms with Crippen molar-refractivity contribution in [3.05, 3.63) is 0 Å². The fourth-order valence-electron chi connectivity index (χ4n) is 5.42. The van der Waals surface area contributed by atoms with Crippen LogP contribution in [0.15, 0.2) is 0 Å². The van der Waals surface area contributed by atoms with Crippen molar-refractivity contribution in [1.82, 2.24) is 5.32 Å². The van der Waals surface area contributed by atoms with E-state index < -0.39 is 24.2 Å². The van der Waals surface area contributed by atoms with E-state index in [1.165, 1.54) is 128 Å². The monoisotopic (exact) mass is 556 g/mol. The number of hydrogen-bond donors (Lipinski definition) is 4. The normalized spacial score (nSPS) is 13.9. The number of nitrogens with one attached hydrogen (secondary N) is 1. The van der Waals surface area contributed by atoms with E-state index in [1.54, 1.807) is 0 Å². The van der Waals surface area contributed by atoms with Crippen LogP contribution in [0.5, 0.6) is 0 Å². The molecule has 0 spiro atoms. The van der Waals surface area contributed by atoms with Crippen LogP contribution >= 0.6 is 0 Å². The van der Waals surface area contributed by atoms with Crippen LogP contribution in [0.3, 0.4) is 0 Å². The second-order valence-electron chi connectivity index (χ2n) is 12.1. The van der Waals surface area contributed by atoms with Crippen LogP contribution in [0.2, 0.25) is 0 Å². The molecular formula is C34H69NO4. The van der Waals surface area contributed by atoms with Crippen molar-refractivity contribution >= 4 is 5.91 Å². The molecule has 0 fully saturated rings. The summed E-state index contributed by atoms with van der Waals surface area (Å²) < 4.78 is 0. The minimum atomic E-state index is -1.06. The Morgan fingerprint density at radius 3 is 1.15 bits per heavy atom. The molecule has 0 aromatic rings. The second-order valence-corrected chi connectivity index (χ2v) is 12.1. The smallest absolute Gasteiger partial charge is 0.249 e. The van der Waals surface area contributed by atoms with Gasteiger partial charge in [0, 0.05) is 0 Å². The summed E-state index contributed by atoms with van der Waals surface area (Å²) in [5.41, 5.74) is 0. The summed E-state index contributed by atoms with van der Waals surface area (Å²) in [6.07, 6.45) is 30.8. The highest BCUT2D eigenvalue weighted by Gasteiger charge is 2.23. The van der Waals surface area contributed by atoms with Gasteiger partial charge >= 0.3 is 0 Å². The van der Waals surface area contributed by atoms with Gasteiger partial charge in [0.25, 0.3) is 0 Å². The molecule has 0 aliphatic rings. The number of carbonyl (C=O) groups is 1. The third kappa shape index (κ3) is 26.0. The molecule has 0 aliphatic heterocycles. The van der Waals surface area contributed by atoms with E-state index in [0.29, 0.717) is 12.8 Å². The molecule has 234 valence electrons. The summed E-state index contributed by atoms with van der Waals surface area (Å²) in [4.78, 5) is 12.3. The van der Waals surface area contributed by atoms with Crippen molar-refractivity contribution in [2.45, 2.75) is 205 Å². The molecule has 0 saturated carbocycles. The number of carbonyl (C=O) groups excluding carboxylic acids is 1. The largest absolute Gasteiger partial charge is 0.394 e. The zero-order valence-electron chi connectivity index (χ0n) is 26.3. The van der Waals surface area contributed by atoms with Gasteiger partial charge in [-0.2, -0.15) is 0 Å². The van der Waals surface area contributed by atoms with Crippen LogP contribution < -0.4 is 5.32 Å². The standard InChI is InChI=1S/C34H69NO4/c1-3-5-7-9-11-13-15-16-17-18-19-21-22-24-26-28-32(37)31(30-36)35-34(39)33(38)29-27-25-23-20-14-12-10-8-6-4-2/h31-33,36-38H,3-30H2,1-2H3,(H,35,39)/t31-,32+,33?/m0/s1. The maximum absolute atomic E-state index is 12.3. The summed E-state index contributed by atoms with van der Waals surface area (Å²) in [6, 6.07) is -0.702. The summed E-state index contributed by atoms with van der Waals surface area (Å²) in [5, 5.41) is 33.0. The van der Waals surface area contributed by atoms with Gasteiger partial charge in [0.1, 0.15) is 6.10 Å². The minimum absolute atomic E-state index is 0.309. The van der Waals surface area contributed by atoms with E-state index >= 15 is 0 Å². The van der Waals surface area contributed by atoms with Crippen molar-refractivity contribution in [1.29, 1.82) is 0 Å². The van der Waals surface area contributed by atoms with E-state index in [2.05, 4.69) is 19.2 Å². The predicted molar refractivity (Wildman–Crippen MR) is 167 cm³/mol. The lowest BCUT2D eigenvalue weighted by Gasteiger charge is -2.23. The topological polar surface area (TPSA) is 89.8 Å². The first-order valence-electron chi connectivity index (χ1n) is 17.3. The van der Waals surface area contributed by atoms with Crippen molar-refractivity contribution < 1.29 is 20.1 Å². The average Bonchev–Trinajstić information content (AvgIpc) is 2.94. The summed E-state index contributed by atoms with van der Waals surface area (Å²) >= 11 is 0. The first kappa shape index (κ1) is 38.4. The number of aliphatic hydroxyl groups is 3. The SMILES string of the molecule is CCCCCCCCCCCCCCCCC[C@@H](O)[C@H](CO)NC(=O)C(O)CCCCCCCCCCCC. The van der Waals surface area contributed by atoms with Crippen LogP contribution in [0.25, 0.3) is 0 Å². The molecule has 1 unspecified atom stereocenters. The molecule has 0 aromatic carbocycles. The van der Waals surface area contributed by atoms with E-state index in [-0.39, 0.29) is 6.61 Å². The molecule has 0 aliphatic carbocycles. The Morgan fingerprint density at radius 2 is 0.821 bits per heavy atom. The maximum Gasteiger partial charge on any atom is 0.249 e. The first-order chi connectivity index (χ1) is 19.1. The van der Waals surface area contributed by atoms with Crippen molar-refractivity contribution in [3.8, 4) is 0 Å². The number of hydrogen-bond acceptors (Lipinski definition) is 4. The lowest BCUT2D eigenvalue weighted by molar-refractivity contribution is -0.131. The van der Waals surface area contributed by atoms with Crippen molar-refractivity contribution in [2.24, 2.45) is 0 Å². The highest BCUT2D eigenvalue weighted by Crippen LogP contribution is 2.15. The van der Waals surface area contributed by atoms with Crippen LogP contribution in [-0.4, -0.2) is 46.1 Å². The van der Waals surface area contributed by atoms with Gasteiger partial charge in [-0.3, -0.25) is 4.79 Å². The van der Waals surface area contributed by atoms with E-state index in [4.69, 9.17) is 0 Å². The average molecular weight is 556 g/mol. The molecule has 1 amide bonds. The van der Waals surface area contributed by atoms with Gasteiger partial charge < -0.3 is 20.6 Å². The summed E-state index contributed by atoms with van der Waals surface area (Å²) in [5.74, 6) is -0.472. The number of rotatable bonds is 31. The fraction of sp³-hybridized carbons (Fsp3) is 0.971. The molecule has 5 heteroatoms. The van der Waals surface area contributed by atoms with Gasteiger partial charge in [-0.05, 0) is 12.8 Å². The van der Waals surface area contributed by atoms with Gasteiger partial charge in [0.05, 0.1) is 18.8 Å². The second kappa shape index (κ2) is 30.3. The van der Waals surface area contributed by atoms with Gasteiger partial charge in [0.2, 0.25) is 5.91 Å². The molecule has 0 bridgehead atoms. The first-order valence-corrected chi connectivity index (χ1v) is 17.3. The summed E-state index contributed by atoms with van der Waals surface area (Å²) in [6.45, 7) is 4.20. The van der Waals surface area contributed by atoms with Crippen LogP contribution in [0, 0.1) is 0 Å². The molecule has 4 N–H and O–H groups in total. The Labute approximate surface area is 243 Å². The van der Waals surface area contributed by atoms with Crippen molar-refractivity contribution in [3.63, 3.8) is 0 Å². The molecule has 5 nitrogen and oxygen atoms in total. The molecule has 0 aromatic heterocycles. The Balaban J connectivity index is 3.67. The molecule has 39 heavy (non-hydrogen) atoms. The third-order valence-electron chi connectivity index (χ3n) is 8.23. The van der Waals surface area contributed by atoms with Gasteiger partial charge in [-0.25, -0.2) is 0 Å². The minimum Gasteiger partial charge on any atom is -0.394 e. The van der Waals surface area contributed by atoms with Crippen LogP contribution in [0.4, 0.5) is 0 Å². The molecule has 0 heterocycles. The van der Waals surface area contributed by atoms with Gasteiger partial charge in [-0.1, -0.05) is 174 Å². The Kier molecular flexibility index (Phi) is 29.8. The van der Waals surface area contributed by atoms with Gasteiger partial charge in [-0.15, -0.1) is 0 Å². The fourth-order valence-corrected chi connectivity index (χ4v) is 5.42. The maximum atomic E-state index is 12.3. The van der Waals surface area contributed by atoms with Crippen LogP contribution in [0.1, 0.15) is 187 Å². The molecular weight excluding hydrogens is 486 g/mol. The van der Waals surface area contributed by atoms with E-state index in [9.17, 15) is 20.1 Å². The highest BCUT2D eigenvalue weighted by atomic mass is 16.3. The Bertz CT molecular complexity index is 502. The molecule has 0 rings (SSSR count).